The Balaban J connectivity index is 1.91. The predicted octanol–water partition coefficient (Wildman–Crippen LogP) is 5.78. The second-order valence-corrected chi connectivity index (χ2v) is 16.1. The average Bonchev–Trinajstić information content (AvgIpc) is 2.78. The smallest absolute Gasteiger partial charge is 0.204 e. The standard InChI is InChI=1S/C27H32NOPSi/c1-31(2,3)23-13-16-25(22-21-24-14-7-4-8-15-24)28-30(29,26-17-9-5-10-18-26)27-19-11-6-12-20-27/h4-12,14-15,17-20,25H,16,21-22H2,1-3H3,(H,28,29)/t25-/m0/s1. The molecular formula is C27H32NOPSi. The quantitative estimate of drug-likeness (QED) is 0.271. The van der Waals surface area contributed by atoms with E-state index < -0.39 is 15.4 Å². The summed E-state index contributed by atoms with van der Waals surface area (Å²) in [5.41, 5.74) is 4.77. The van der Waals surface area contributed by atoms with Gasteiger partial charge in [-0.3, -0.25) is 9.65 Å². The van der Waals surface area contributed by atoms with Gasteiger partial charge in [0, 0.05) is 23.1 Å². The Hall–Kier alpha value is -2.37. The third-order valence-electron chi connectivity index (χ3n) is 5.04. The first kappa shape index (κ1) is 23.3. The van der Waals surface area contributed by atoms with Crippen LogP contribution < -0.4 is 15.7 Å². The van der Waals surface area contributed by atoms with E-state index in [4.69, 9.17) is 0 Å². The van der Waals surface area contributed by atoms with Crippen molar-refractivity contribution in [2.24, 2.45) is 0 Å². The first-order chi connectivity index (χ1) is 14.9. The first-order valence-corrected chi connectivity index (χ1v) is 16.1. The minimum Gasteiger partial charge on any atom is -0.297 e. The van der Waals surface area contributed by atoms with Crippen molar-refractivity contribution in [3.8, 4) is 11.5 Å². The second-order valence-electron chi connectivity index (χ2n) is 8.89. The second kappa shape index (κ2) is 10.8. The predicted molar refractivity (Wildman–Crippen MR) is 137 cm³/mol. The Morgan fingerprint density at radius 1 is 0.806 bits per heavy atom. The van der Waals surface area contributed by atoms with Gasteiger partial charge in [0.15, 0.2) is 0 Å². The third-order valence-corrected chi connectivity index (χ3v) is 8.75. The molecule has 0 aliphatic carbocycles. The zero-order valence-corrected chi connectivity index (χ0v) is 20.6. The van der Waals surface area contributed by atoms with Crippen LogP contribution in [0, 0.1) is 11.5 Å². The van der Waals surface area contributed by atoms with Gasteiger partial charge in [-0.1, -0.05) is 86.4 Å². The van der Waals surface area contributed by atoms with Crippen LogP contribution in [0.15, 0.2) is 91.0 Å². The van der Waals surface area contributed by atoms with E-state index in [0.717, 1.165) is 23.5 Å². The third kappa shape index (κ3) is 7.08. The molecule has 0 amide bonds. The van der Waals surface area contributed by atoms with E-state index in [1.54, 1.807) is 0 Å². The molecule has 0 aliphatic heterocycles. The summed E-state index contributed by atoms with van der Waals surface area (Å²) in [6.07, 6.45) is 2.51. The lowest BCUT2D eigenvalue weighted by Gasteiger charge is -2.26. The van der Waals surface area contributed by atoms with Gasteiger partial charge < -0.3 is 0 Å². The molecule has 0 fully saturated rings. The van der Waals surface area contributed by atoms with Gasteiger partial charge in [-0.15, -0.1) is 11.5 Å². The van der Waals surface area contributed by atoms with Crippen molar-refractivity contribution in [1.29, 1.82) is 0 Å². The maximum absolute atomic E-state index is 14.4. The molecule has 0 spiro atoms. The van der Waals surface area contributed by atoms with E-state index in [9.17, 15) is 4.57 Å². The van der Waals surface area contributed by atoms with Crippen molar-refractivity contribution < 1.29 is 4.57 Å². The van der Waals surface area contributed by atoms with E-state index in [2.05, 4.69) is 60.5 Å². The number of hydrogen-bond acceptors (Lipinski definition) is 1. The van der Waals surface area contributed by atoms with E-state index in [-0.39, 0.29) is 6.04 Å². The van der Waals surface area contributed by atoms with Gasteiger partial charge in [-0.05, 0) is 42.7 Å². The van der Waals surface area contributed by atoms with Crippen molar-refractivity contribution in [3.63, 3.8) is 0 Å². The lowest BCUT2D eigenvalue weighted by molar-refractivity contribution is 0.539. The summed E-state index contributed by atoms with van der Waals surface area (Å²) < 4.78 is 14.4. The Labute approximate surface area is 188 Å². The van der Waals surface area contributed by atoms with Crippen LogP contribution in [0.25, 0.3) is 0 Å². The number of benzene rings is 3. The zero-order chi connectivity index (χ0) is 22.2. The van der Waals surface area contributed by atoms with Gasteiger partial charge in [-0.25, -0.2) is 0 Å². The molecule has 0 heterocycles. The fourth-order valence-corrected chi connectivity index (χ4v) is 6.62. The molecule has 1 atom stereocenters. The minimum absolute atomic E-state index is 0.0373. The lowest BCUT2D eigenvalue weighted by atomic mass is 10.0. The molecule has 0 aliphatic rings. The number of aryl methyl sites for hydroxylation is 1. The SMILES string of the molecule is C[Si](C)(C)C#CC[C@@H](CCc1ccccc1)NP(=O)(c1ccccc1)c1ccccc1. The highest BCUT2D eigenvalue weighted by molar-refractivity contribution is 7.76. The molecular weight excluding hydrogens is 413 g/mol. The largest absolute Gasteiger partial charge is 0.297 e. The van der Waals surface area contributed by atoms with Crippen LogP contribution >= 0.6 is 7.29 Å². The van der Waals surface area contributed by atoms with E-state index >= 15 is 0 Å². The average molecular weight is 446 g/mol. The van der Waals surface area contributed by atoms with Crippen LogP contribution in [0.5, 0.6) is 0 Å². The molecule has 2 nitrogen and oxygen atoms in total. The highest BCUT2D eigenvalue weighted by atomic mass is 31.2. The van der Waals surface area contributed by atoms with Gasteiger partial charge in [0.25, 0.3) is 0 Å². The van der Waals surface area contributed by atoms with Gasteiger partial charge in [0.05, 0.1) is 0 Å². The Kier molecular flexibility index (Phi) is 8.10. The summed E-state index contributed by atoms with van der Waals surface area (Å²) in [5.74, 6) is 3.42. The molecule has 0 bridgehead atoms. The van der Waals surface area contributed by atoms with Gasteiger partial charge >= 0.3 is 0 Å². The van der Waals surface area contributed by atoms with Crippen LogP contribution in [-0.4, -0.2) is 14.1 Å². The first-order valence-electron chi connectivity index (χ1n) is 10.9. The summed E-state index contributed by atoms with van der Waals surface area (Å²) >= 11 is 0. The van der Waals surface area contributed by atoms with Crippen LogP contribution in [0.3, 0.4) is 0 Å². The molecule has 4 heteroatoms. The van der Waals surface area contributed by atoms with E-state index in [0.29, 0.717) is 6.42 Å². The van der Waals surface area contributed by atoms with E-state index in [1.165, 1.54) is 5.56 Å². The number of nitrogens with one attached hydrogen (secondary N) is 1. The maximum atomic E-state index is 14.4. The van der Waals surface area contributed by atoms with Crippen molar-refractivity contribution in [2.45, 2.75) is 44.9 Å². The van der Waals surface area contributed by atoms with Crippen molar-refractivity contribution in [1.82, 2.24) is 5.09 Å². The van der Waals surface area contributed by atoms with Crippen molar-refractivity contribution >= 4 is 26.0 Å². The normalized spacial score (nSPS) is 12.6. The van der Waals surface area contributed by atoms with Crippen LogP contribution in [0.2, 0.25) is 19.6 Å². The number of hydrogen-bond donors (Lipinski definition) is 1. The lowest BCUT2D eigenvalue weighted by Crippen LogP contribution is -2.35. The Morgan fingerprint density at radius 3 is 1.77 bits per heavy atom. The van der Waals surface area contributed by atoms with Gasteiger partial charge in [-0.2, -0.15) is 0 Å². The minimum atomic E-state index is -2.99. The monoisotopic (exact) mass is 445 g/mol. The van der Waals surface area contributed by atoms with Gasteiger partial charge in [0.1, 0.15) is 8.07 Å². The fourth-order valence-electron chi connectivity index (χ4n) is 3.47. The topological polar surface area (TPSA) is 29.1 Å². The Morgan fingerprint density at radius 2 is 1.29 bits per heavy atom. The molecule has 3 aromatic carbocycles. The van der Waals surface area contributed by atoms with Crippen LogP contribution in [0.1, 0.15) is 18.4 Å². The Bertz CT molecular complexity index is 1010. The summed E-state index contributed by atoms with van der Waals surface area (Å²) in [7, 11) is -4.44. The molecule has 0 saturated carbocycles. The van der Waals surface area contributed by atoms with Crippen LogP contribution in [0.4, 0.5) is 0 Å². The zero-order valence-electron chi connectivity index (χ0n) is 18.7. The number of rotatable bonds is 8. The summed E-state index contributed by atoms with van der Waals surface area (Å²) in [4.78, 5) is 0. The van der Waals surface area contributed by atoms with Crippen molar-refractivity contribution in [3.05, 3.63) is 96.6 Å². The van der Waals surface area contributed by atoms with Crippen LogP contribution in [-0.2, 0) is 11.0 Å². The molecule has 0 radical (unpaired) electrons. The molecule has 31 heavy (non-hydrogen) atoms. The molecule has 0 aromatic heterocycles. The fraction of sp³-hybridized carbons (Fsp3) is 0.259. The molecule has 1 N–H and O–H groups in total. The highest BCUT2D eigenvalue weighted by Gasteiger charge is 2.29. The highest BCUT2D eigenvalue weighted by Crippen LogP contribution is 2.40. The van der Waals surface area contributed by atoms with Gasteiger partial charge in [0.2, 0.25) is 7.29 Å². The summed E-state index contributed by atoms with van der Waals surface area (Å²) in [6, 6.07) is 30.1. The van der Waals surface area contributed by atoms with Crippen molar-refractivity contribution in [2.75, 3.05) is 0 Å². The summed E-state index contributed by atoms with van der Waals surface area (Å²) in [5, 5.41) is 5.26. The summed E-state index contributed by atoms with van der Waals surface area (Å²) in [6.45, 7) is 6.77. The molecule has 0 saturated heterocycles. The maximum Gasteiger partial charge on any atom is 0.204 e. The molecule has 3 rings (SSSR count). The molecule has 0 unspecified atom stereocenters. The van der Waals surface area contributed by atoms with E-state index in [1.807, 2.05) is 66.7 Å². The molecule has 3 aromatic rings. The molecule has 160 valence electrons.